The molecule has 1 N–H and O–H groups in total. The first-order valence-electron chi connectivity index (χ1n) is 6.37. The maximum Gasteiger partial charge on any atom is 0.117 e. The van der Waals surface area contributed by atoms with Crippen molar-refractivity contribution in [3.8, 4) is 0 Å². The van der Waals surface area contributed by atoms with Crippen molar-refractivity contribution in [2.75, 3.05) is 11.9 Å². The van der Waals surface area contributed by atoms with E-state index in [1.54, 1.807) is 11.4 Å². The Labute approximate surface area is 123 Å². The van der Waals surface area contributed by atoms with E-state index >= 15 is 0 Å². The lowest BCUT2D eigenvalue weighted by Gasteiger charge is -2.20. The predicted octanol–water partition coefficient (Wildman–Crippen LogP) is 5.32. The fraction of sp³-hybridized carbons (Fsp3) is 1.00. The first-order valence-corrected chi connectivity index (χ1v) is 10.9. The van der Waals surface area contributed by atoms with Gasteiger partial charge in [0.25, 0.3) is 0 Å². The van der Waals surface area contributed by atoms with Crippen LogP contribution in [0.25, 0.3) is 0 Å². The molecule has 0 aromatic rings. The van der Waals surface area contributed by atoms with Gasteiger partial charge in [0.05, 0.1) is 0 Å². The fourth-order valence-electron chi connectivity index (χ4n) is 1.85. The van der Waals surface area contributed by atoms with E-state index in [1.165, 1.54) is 25.7 Å². The second-order valence-electron chi connectivity index (χ2n) is 4.90. The molecule has 5 heteroatoms. The molecular formula is C12H28ClOPS2. The zero-order valence-electron chi connectivity index (χ0n) is 11.5. The fourth-order valence-corrected chi connectivity index (χ4v) is 7.43. The Hall–Kier alpha value is 1.25. The van der Waals surface area contributed by atoms with Gasteiger partial charge in [0, 0.05) is 11.9 Å². The lowest BCUT2D eigenvalue weighted by Crippen LogP contribution is -2.03. The van der Waals surface area contributed by atoms with E-state index in [9.17, 15) is 4.89 Å². The number of rotatable bonds is 9. The minimum atomic E-state index is -2.11. The van der Waals surface area contributed by atoms with Gasteiger partial charge in [-0.15, -0.1) is 12.4 Å². The van der Waals surface area contributed by atoms with E-state index in [4.69, 9.17) is 11.8 Å². The molecule has 0 rings (SSSR count). The second kappa shape index (κ2) is 11.1. The molecule has 1 nitrogen and oxygen atoms in total. The zero-order chi connectivity index (χ0) is 12.6. The Bertz CT molecular complexity index is 227. The second-order valence-corrected chi connectivity index (χ2v) is 12.2. The van der Waals surface area contributed by atoms with E-state index in [2.05, 4.69) is 27.7 Å². The summed E-state index contributed by atoms with van der Waals surface area (Å²) in [4.78, 5) is 10.2. The molecule has 0 aromatic heterocycles. The molecule has 0 radical (unpaired) electrons. The molecule has 0 heterocycles. The van der Waals surface area contributed by atoms with Gasteiger partial charge in [0.1, 0.15) is 5.47 Å². The van der Waals surface area contributed by atoms with Crippen LogP contribution in [0.1, 0.15) is 53.4 Å². The summed E-state index contributed by atoms with van der Waals surface area (Å²) in [7, 11) is 0. The summed E-state index contributed by atoms with van der Waals surface area (Å²) in [6.07, 6.45) is 5.69. The van der Waals surface area contributed by atoms with Crippen LogP contribution in [0.5, 0.6) is 0 Å². The Morgan fingerprint density at radius 3 is 2.06 bits per heavy atom. The van der Waals surface area contributed by atoms with Crippen molar-refractivity contribution in [3.05, 3.63) is 0 Å². The molecule has 0 aliphatic rings. The van der Waals surface area contributed by atoms with Crippen LogP contribution in [0.3, 0.4) is 0 Å². The molecule has 17 heavy (non-hydrogen) atoms. The van der Waals surface area contributed by atoms with Gasteiger partial charge in [-0.25, -0.2) is 0 Å². The first-order chi connectivity index (χ1) is 7.41. The third kappa shape index (κ3) is 12.0. The smallest absolute Gasteiger partial charge is 0.117 e. The molecule has 0 fully saturated rings. The van der Waals surface area contributed by atoms with Crippen molar-refractivity contribution in [2.45, 2.75) is 53.4 Å². The van der Waals surface area contributed by atoms with E-state index < -0.39 is 5.47 Å². The third-order valence-corrected chi connectivity index (χ3v) is 8.37. The monoisotopic (exact) mass is 318 g/mol. The van der Waals surface area contributed by atoms with E-state index in [0.717, 1.165) is 11.9 Å². The van der Waals surface area contributed by atoms with Gasteiger partial charge in [-0.1, -0.05) is 76.6 Å². The largest absolute Gasteiger partial charge is 0.357 e. The molecule has 0 spiro atoms. The molecule has 3 atom stereocenters. The summed E-state index contributed by atoms with van der Waals surface area (Å²) >= 11 is 7.03. The quantitative estimate of drug-likeness (QED) is 0.581. The minimum Gasteiger partial charge on any atom is -0.357 e. The molecule has 0 aliphatic carbocycles. The highest BCUT2D eigenvalue weighted by Crippen LogP contribution is 2.57. The van der Waals surface area contributed by atoms with Crippen LogP contribution in [0, 0.1) is 11.8 Å². The van der Waals surface area contributed by atoms with Crippen LogP contribution in [-0.2, 0) is 11.8 Å². The van der Waals surface area contributed by atoms with Crippen molar-refractivity contribution in [2.24, 2.45) is 11.8 Å². The highest BCUT2D eigenvalue weighted by Gasteiger charge is 2.18. The van der Waals surface area contributed by atoms with Gasteiger partial charge in [0.2, 0.25) is 0 Å². The molecule has 0 bridgehead atoms. The summed E-state index contributed by atoms with van der Waals surface area (Å²) in [6.45, 7) is 8.85. The lowest BCUT2D eigenvalue weighted by atomic mass is 10.1. The SMILES string of the molecule is CCCC(C)CSP(O)(=S)CC(C)CCC.Cl. The molecule has 3 unspecified atom stereocenters. The van der Waals surface area contributed by atoms with E-state index in [-0.39, 0.29) is 12.4 Å². The molecular weight excluding hydrogens is 291 g/mol. The zero-order valence-corrected chi connectivity index (χ0v) is 14.9. The average molecular weight is 319 g/mol. The highest BCUT2D eigenvalue weighted by molar-refractivity contribution is 8.69. The summed E-state index contributed by atoms with van der Waals surface area (Å²) in [6, 6.07) is 0. The van der Waals surface area contributed by atoms with Crippen molar-refractivity contribution in [1.29, 1.82) is 0 Å². The van der Waals surface area contributed by atoms with Crippen molar-refractivity contribution >= 4 is 41.1 Å². The summed E-state index contributed by atoms with van der Waals surface area (Å²) in [5.74, 6) is 2.29. The van der Waals surface area contributed by atoms with Gasteiger partial charge in [-0.2, -0.15) is 0 Å². The number of hydrogen-bond donors (Lipinski definition) is 1. The summed E-state index contributed by atoms with van der Waals surface area (Å²) in [5, 5.41) is 0. The van der Waals surface area contributed by atoms with Gasteiger partial charge >= 0.3 is 0 Å². The molecule has 106 valence electrons. The van der Waals surface area contributed by atoms with Crippen molar-refractivity contribution in [1.82, 2.24) is 0 Å². The topological polar surface area (TPSA) is 20.2 Å². The maximum atomic E-state index is 10.2. The number of hydrogen-bond acceptors (Lipinski definition) is 2. The molecule has 0 amide bonds. The average Bonchev–Trinajstić information content (AvgIpc) is 2.15. The Morgan fingerprint density at radius 1 is 1.12 bits per heavy atom. The lowest BCUT2D eigenvalue weighted by molar-refractivity contribution is 0.556. The van der Waals surface area contributed by atoms with Crippen LogP contribution in [0.4, 0.5) is 0 Å². The van der Waals surface area contributed by atoms with E-state index in [0.29, 0.717) is 11.8 Å². The van der Waals surface area contributed by atoms with Crippen molar-refractivity contribution in [3.63, 3.8) is 0 Å². The number of halogens is 1. The van der Waals surface area contributed by atoms with Crippen molar-refractivity contribution < 1.29 is 4.89 Å². The molecule has 0 saturated heterocycles. The van der Waals surface area contributed by atoms with Crippen LogP contribution < -0.4 is 0 Å². The normalized spacial score (nSPS) is 17.9. The minimum absolute atomic E-state index is 0. The maximum absolute atomic E-state index is 10.2. The van der Waals surface area contributed by atoms with Gasteiger partial charge < -0.3 is 4.89 Å². The Balaban J connectivity index is 0. The van der Waals surface area contributed by atoms with Crippen LogP contribution in [0.15, 0.2) is 0 Å². The Kier molecular flexibility index (Phi) is 13.4. The summed E-state index contributed by atoms with van der Waals surface area (Å²) < 4.78 is 0. The Morgan fingerprint density at radius 2 is 1.59 bits per heavy atom. The van der Waals surface area contributed by atoms with Crippen LogP contribution in [0.2, 0.25) is 0 Å². The standard InChI is InChI=1S/C12H27OPS2.ClH/c1-5-7-11(3)9-14(13,15)16-10-12(4)8-6-2;/h11-12H,5-10H2,1-4H3,(H,13,15);1H. The van der Waals surface area contributed by atoms with Crippen LogP contribution in [-0.4, -0.2) is 16.8 Å². The first kappa shape index (κ1) is 20.6. The highest BCUT2D eigenvalue weighted by atomic mass is 35.5. The molecule has 0 aliphatic heterocycles. The van der Waals surface area contributed by atoms with Gasteiger partial charge in [0.15, 0.2) is 0 Å². The third-order valence-electron chi connectivity index (χ3n) is 2.67. The van der Waals surface area contributed by atoms with Gasteiger partial charge in [-0.3, -0.25) is 0 Å². The van der Waals surface area contributed by atoms with Crippen LogP contribution >= 0.6 is 29.3 Å². The van der Waals surface area contributed by atoms with E-state index in [1.807, 2.05) is 0 Å². The molecule has 0 saturated carbocycles. The summed E-state index contributed by atoms with van der Waals surface area (Å²) in [5.41, 5.74) is -2.11. The predicted molar refractivity (Wildman–Crippen MR) is 89.2 cm³/mol. The van der Waals surface area contributed by atoms with Gasteiger partial charge in [-0.05, 0) is 11.8 Å². The molecule has 0 aromatic carbocycles.